The van der Waals surface area contributed by atoms with Crippen LogP contribution in [-0.2, 0) is 9.53 Å². The highest BCUT2D eigenvalue weighted by Gasteiger charge is 2.55. The normalized spacial score (nSPS) is 33.5. The van der Waals surface area contributed by atoms with Crippen molar-refractivity contribution in [3.8, 4) is 0 Å². The molecule has 3 heteroatoms. The Morgan fingerprint density at radius 3 is 1.91 bits per heavy atom. The Morgan fingerprint density at radius 1 is 1.36 bits per heavy atom. The van der Waals surface area contributed by atoms with E-state index in [-0.39, 0.29) is 0 Å². The smallest absolute Gasteiger partial charge is 0.336 e. The molecule has 0 radical (unpaired) electrons. The number of rotatable bonds is 0. The number of cyclic esters (lactones) is 1. The number of hydrogen-bond acceptors (Lipinski definition) is 3. The molecule has 3 nitrogen and oxygen atoms in total. The molecule has 1 rings (SSSR count). The molecule has 0 aromatic heterocycles. The number of esters is 1. The Bertz CT molecular complexity index is 194. The van der Waals surface area contributed by atoms with Crippen LogP contribution in [0.2, 0.25) is 0 Å². The van der Waals surface area contributed by atoms with Crippen molar-refractivity contribution in [2.75, 3.05) is 0 Å². The van der Waals surface area contributed by atoms with Gasteiger partial charge in [-0.2, -0.15) is 0 Å². The molecule has 1 heterocycles. The van der Waals surface area contributed by atoms with E-state index >= 15 is 0 Å². The first kappa shape index (κ1) is 8.53. The summed E-state index contributed by atoms with van der Waals surface area (Å²) < 4.78 is 4.99. The van der Waals surface area contributed by atoms with Gasteiger partial charge in [0.2, 0.25) is 0 Å². The highest BCUT2D eigenvalue weighted by atomic mass is 16.6. The molecule has 11 heavy (non-hydrogen) atoms. The largest absolute Gasteiger partial charge is 0.457 e. The molecular weight excluding hydrogens is 144 g/mol. The molecule has 1 unspecified atom stereocenters. The average Bonchev–Trinajstić information content (AvgIpc) is 1.93. The summed E-state index contributed by atoms with van der Waals surface area (Å²) in [6.45, 7) is 7.26. The highest BCUT2D eigenvalue weighted by molar-refractivity contribution is 5.78. The van der Waals surface area contributed by atoms with E-state index in [0.717, 1.165) is 0 Å². The van der Waals surface area contributed by atoms with Gasteiger partial charge >= 0.3 is 5.97 Å². The van der Waals surface area contributed by atoms with Gasteiger partial charge in [-0.15, -0.1) is 0 Å². The summed E-state index contributed by atoms with van der Waals surface area (Å²) >= 11 is 0. The lowest BCUT2D eigenvalue weighted by atomic mass is 9.75. The lowest BCUT2D eigenvalue weighted by Gasteiger charge is -2.32. The van der Waals surface area contributed by atoms with E-state index in [1.807, 2.05) is 13.8 Å². The zero-order chi connectivity index (χ0) is 8.86. The van der Waals surface area contributed by atoms with Gasteiger partial charge in [-0.1, -0.05) is 13.8 Å². The predicted octanol–water partition coefficient (Wildman–Crippen LogP) is 0.709. The lowest BCUT2D eigenvalue weighted by molar-refractivity contribution is -0.151. The van der Waals surface area contributed by atoms with Crippen molar-refractivity contribution in [1.29, 1.82) is 0 Å². The third-order valence-corrected chi connectivity index (χ3v) is 2.81. The molecule has 0 saturated carbocycles. The molecule has 0 bridgehead atoms. The molecule has 1 atom stereocenters. The molecule has 0 aromatic carbocycles. The van der Waals surface area contributed by atoms with Crippen LogP contribution in [0.25, 0.3) is 0 Å². The summed E-state index contributed by atoms with van der Waals surface area (Å²) in [7, 11) is 0. The number of carbonyl (C=O) groups excluding carboxylic acids is 1. The number of aliphatic hydroxyl groups excluding tert-OH is 1. The van der Waals surface area contributed by atoms with Crippen LogP contribution in [0.15, 0.2) is 0 Å². The van der Waals surface area contributed by atoms with Crippen LogP contribution in [0.4, 0.5) is 0 Å². The molecule has 0 amide bonds. The summed E-state index contributed by atoms with van der Waals surface area (Å²) in [6, 6.07) is 0. The van der Waals surface area contributed by atoms with Crippen molar-refractivity contribution >= 4 is 5.97 Å². The SMILES string of the molecule is CC1(C)OC(=O)C(O)C1(C)C. The number of carbonyl (C=O) groups is 1. The maximum atomic E-state index is 10.9. The Balaban J connectivity index is 3.01. The zero-order valence-electron chi connectivity index (χ0n) is 7.34. The van der Waals surface area contributed by atoms with Crippen LogP contribution in [0.3, 0.4) is 0 Å². The average molecular weight is 158 g/mol. The fourth-order valence-corrected chi connectivity index (χ4v) is 1.06. The Morgan fingerprint density at radius 2 is 1.82 bits per heavy atom. The second-order valence-corrected chi connectivity index (χ2v) is 4.06. The van der Waals surface area contributed by atoms with E-state index in [2.05, 4.69) is 0 Å². The topological polar surface area (TPSA) is 46.5 Å². The fraction of sp³-hybridized carbons (Fsp3) is 0.875. The Kier molecular flexibility index (Phi) is 1.53. The van der Waals surface area contributed by atoms with E-state index in [0.29, 0.717) is 0 Å². The van der Waals surface area contributed by atoms with E-state index < -0.39 is 23.1 Å². The van der Waals surface area contributed by atoms with Gasteiger partial charge < -0.3 is 9.84 Å². The summed E-state index contributed by atoms with van der Waals surface area (Å²) in [6.07, 6.45) is -0.988. The van der Waals surface area contributed by atoms with E-state index in [9.17, 15) is 9.90 Å². The summed E-state index contributed by atoms with van der Waals surface area (Å²) in [5.41, 5.74) is -1.06. The number of aliphatic hydroxyl groups is 1. The standard InChI is InChI=1S/C8H14O3/c1-7(2)5(9)6(10)11-8(7,3)4/h5,9H,1-4H3. The summed E-state index contributed by atoms with van der Waals surface area (Å²) in [4.78, 5) is 10.9. The van der Waals surface area contributed by atoms with Gasteiger partial charge in [0.05, 0.1) is 0 Å². The molecule has 1 saturated heterocycles. The Labute approximate surface area is 66.4 Å². The summed E-state index contributed by atoms with van der Waals surface area (Å²) in [5, 5.41) is 9.39. The molecular formula is C8H14O3. The maximum Gasteiger partial charge on any atom is 0.336 e. The van der Waals surface area contributed by atoms with Crippen molar-refractivity contribution in [3.05, 3.63) is 0 Å². The van der Waals surface area contributed by atoms with Crippen LogP contribution in [0, 0.1) is 5.41 Å². The van der Waals surface area contributed by atoms with Crippen molar-refractivity contribution in [2.45, 2.75) is 39.4 Å². The first-order valence-electron chi connectivity index (χ1n) is 3.70. The minimum absolute atomic E-state index is 0.496. The first-order chi connectivity index (χ1) is 4.79. The van der Waals surface area contributed by atoms with Gasteiger partial charge in [-0.05, 0) is 13.8 Å². The van der Waals surface area contributed by atoms with Crippen molar-refractivity contribution in [3.63, 3.8) is 0 Å². The molecule has 0 aliphatic carbocycles. The monoisotopic (exact) mass is 158 g/mol. The van der Waals surface area contributed by atoms with Gasteiger partial charge in [0, 0.05) is 5.41 Å². The number of ether oxygens (including phenoxy) is 1. The highest BCUT2D eigenvalue weighted by Crippen LogP contribution is 2.43. The van der Waals surface area contributed by atoms with Crippen LogP contribution in [0.5, 0.6) is 0 Å². The van der Waals surface area contributed by atoms with Crippen molar-refractivity contribution in [2.24, 2.45) is 5.41 Å². The third-order valence-electron chi connectivity index (χ3n) is 2.81. The molecule has 0 spiro atoms. The minimum atomic E-state index is -0.988. The van der Waals surface area contributed by atoms with E-state index in [4.69, 9.17) is 4.74 Å². The molecule has 64 valence electrons. The van der Waals surface area contributed by atoms with Crippen LogP contribution >= 0.6 is 0 Å². The van der Waals surface area contributed by atoms with E-state index in [1.54, 1.807) is 13.8 Å². The summed E-state index contributed by atoms with van der Waals surface area (Å²) in [5.74, 6) is -0.514. The predicted molar refractivity (Wildman–Crippen MR) is 40.0 cm³/mol. The molecule has 0 aromatic rings. The second kappa shape index (κ2) is 1.97. The van der Waals surface area contributed by atoms with Crippen molar-refractivity contribution in [1.82, 2.24) is 0 Å². The minimum Gasteiger partial charge on any atom is -0.457 e. The molecule has 1 aliphatic rings. The number of hydrogen-bond donors (Lipinski definition) is 1. The Hall–Kier alpha value is -0.570. The third kappa shape index (κ3) is 0.948. The van der Waals surface area contributed by atoms with Crippen LogP contribution in [-0.4, -0.2) is 22.8 Å². The molecule has 1 fully saturated rings. The van der Waals surface area contributed by atoms with Gasteiger partial charge in [0.1, 0.15) is 5.60 Å². The maximum absolute atomic E-state index is 10.9. The second-order valence-electron chi connectivity index (χ2n) is 4.06. The van der Waals surface area contributed by atoms with Crippen LogP contribution < -0.4 is 0 Å². The fourth-order valence-electron chi connectivity index (χ4n) is 1.06. The molecule has 1 aliphatic heterocycles. The van der Waals surface area contributed by atoms with Crippen molar-refractivity contribution < 1.29 is 14.6 Å². The van der Waals surface area contributed by atoms with E-state index in [1.165, 1.54) is 0 Å². The lowest BCUT2D eigenvalue weighted by Crippen LogP contribution is -2.40. The van der Waals surface area contributed by atoms with Gasteiger partial charge in [0.25, 0.3) is 0 Å². The molecule has 1 N–H and O–H groups in total. The quantitative estimate of drug-likeness (QED) is 0.528. The van der Waals surface area contributed by atoms with Gasteiger partial charge in [-0.25, -0.2) is 4.79 Å². The first-order valence-corrected chi connectivity index (χ1v) is 3.70. The van der Waals surface area contributed by atoms with Crippen LogP contribution in [0.1, 0.15) is 27.7 Å². The van der Waals surface area contributed by atoms with Gasteiger partial charge in [0.15, 0.2) is 6.10 Å². The zero-order valence-corrected chi connectivity index (χ0v) is 7.34. The van der Waals surface area contributed by atoms with Gasteiger partial charge in [-0.3, -0.25) is 0 Å².